The monoisotopic (exact) mass is 605 g/mol. The van der Waals surface area contributed by atoms with Crippen LogP contribution in [0.5, 0.6) is 5.75 Å². The Labute approximate surface area is 222 Å². The molecule has 35 heavy (non-hydrogen) atoms. The summed E-state index contributed by atoms with van der Waals surface area (Å²) in [6.07, 6.45) is 5.43. The van der Waals surface area contributed by atoms with Crippen LogP contribution < -0.4 is 10.5 Å². The number of aliphatic hydroxyl groups is 1. The van der Waals surface area contributed by atoms with Crippen LogP contribution in [0.1, 0.15) is 38.2 Å². The van der Waals surface area contributed by atoms with Gasteiger partial charge in [-0.2, -0.15) is 0 Å². The number of ether oxygens (including phenoxy) is 1. The molecule has 0 bridgehead atoms. The van der Waals surface area contributed by atoms with Crippen LogP contribution in [0.2, 0.25) is 0 Å². The number of hydrogen-bond donors (Lipinski definition) is 2. The van der Waals surface area contributed by atoms with E-state index in [0.717, 1.165) is 66.7 Å². The second-order valence-corrected chi connectivity index (χ2v) is 11.3. The quantitative estimate of drug-likeness (QED) is 0.410. The zero-order chi connectivity index (χ0) is 24.5. The molecule has 0 aliphatic carbocycles. The molecule has 3 aromatic rings. The first-order valence-corrected chi connectivity index (χ1v) is 13.9. The van der Waals surface area contributed by atoms with Crippen LogP contribution in [-0.2, 0) is 17.8 Å². The Balaban J connectivity index is 1.36. The van der Waals surface area contributed by atoms with Gasteiger partial charge in [-0.05, 0) is 85.2 Å². The number of anilines is 1. The van der Waals surface area contributed by atoms with E-state index in [1.165, 1.54) is 22.4 Å². The third kappa shape index (κ3) is 5.21. The van der Waals surface area contributed by atoms with Crippen LogP contribution in [-0.4, -0.2) is 61.2 Å². The highest BCUT2D eigenvalue weighted by atomic mass is 124. The van der Waals surface area contributed by atoms with E-state index in [1.54, 1.807) is 16.7 Å². The summed E-state index contributed by atoms with van der Waals surface area (Å²) in [4.78, 5) is 28.4. The van der Waals surface area contributed by atoms with Crippen LogP contribution in [0.4, 0.5) is 5.82 Å². The van der Waals surface area contributed by atoms with Crippen LogP contribution in [0.15, 0.2) is 28.5 Å². The van der Waals surface area contributed by atoms with Gasteiger partial charge in [0.25, 0.3) is 5.91 Å². The summed E-state index contributed by atoms with van der Waals surface area (Å²) in [5, 5.41) is 10.4. The average Bonchev–Trinajstić information content (AvgIpc) is 3.21. The van der Waals surface area contributed by atoms with E-state index >= 15 is 0 Å². The predicted octanol–water partition coefficient (Wildman–Crippen LogP) is 3.50. The van der Waals surface area contributed by atoms with Crippen molar-refractivity contribution in [2.45, 2.75) is 61.7 Å². The molecule has 4 heterocycles. The SMILES string of the molecule is C[C@H](O)C(=O)N1CCC(CCn2c(Sc3cc4c(cc3[124I])CCCO4)nc3c(N)ncnc32)CC1. The maximum absolute atomic E-state index is 12.1. The van der Waals surface area contributed by atoms with Crippen molar-refractivity contribution in [3.05, 3.63) is 27.6 Å². The molecular formula is C24H29IN6O3S. The van der Waals surface area contributed by atoms with Crippen molar-refractivity contribution in [1.29, 1.82) is 0 Å². The van der Waals surface area contributed by atoms with Crippen molar-refractivity contribution in [1.82, 2.24) is 24.4 Å². The number of aliphatic hydroxyl groups excluding tert-OH is 1. The van der Waals surface area contributed by atoms with Gasteiger partial charge in [0.05, 0.1) is 6.61 Å². The van der Waals surface area contributed by atoms with Gasteiger partial charge in [0.2, 0.25) is 0 Å². The number of hydrogen-bond acceptors (Lipinski definition) is 8. The van der Waals surface area contributed by atoms with Gasteiger partial charge in [0.1, 0.15) is 18.2 Å². The zero-order valence-electron chi connectivity index (χ0n) is 19.6. The zero-order valence-corrected chi connectivity index (χ0v) is 22.6. The van der Waals surface area contributed by atoms with E-state index in [4.69, 9.17) is 15.5 Å². The van der Waals surface area contributed by atoms with Gasteiger partial charge in [-0.15, -0.1) is 0 Å². The lowest BCUT2D eigenvalue weighted by molar-refractivity contribution is -0.140. The number of carbonyl (C=O) groups excluding carboxylic acids is 1. The maximum atomic E-state index is 12.1. The molecule has 9 nitrogen and oxygen atoms in total. The molecule has 2 aliphatic rings. The number of fused-ring (bicyclic) bond motifs is 2. The minimum Gasteiger partial charge on any atom is -0.493 e. The van der Waals surface area contributed by atoms with Gasteiger partial charge in [-0.1, -0.05) is 11.8 Å². The summed E-state index contributed by atoms with van der Waals surface area (Å²) >= 11 is 3.98. The second-order valence-electron chi connectivity index (χ2n) is 9.15. The minimum atomic E-state index is -0.939. The highest BCUT2D eigenvalue weighted by molar-refractivity contribution is 14.1. The molecule has 1 amide bonds. The Hall–Kier alpha value is -2.12. The molecule has 1 saturated heterocycles. The van der Waals surface area contributed by atoms with Crippen LogP contribution in [0, 0.1) is 9.49 Å². The van der Waals surface area contributed by atoms with Crippen LogP contribution in [0.25, 0.3) is 11.2 Å². The molecule has 5 rings (SSSR count). The normalized spacial score (nSPS) is 17.3. The van der Waals surface area contributed by atoms with Gasteiger partial charge in [0, 0.05) is 28.1 Å². The number of carbonyl (C=O) groups is 1. The van der Waals surface area contributed by atoms with Gasteiger partial charge >= 0.3 is 0 Å². The minimum absolute atomic E-state index is 0.182. The first-order chi connectivity index (χ1) is 16.9. The highest BCUT2D eigenvalue weighted by Gasteiger charge is 2.26. The summed E-state index contributed by atoms with van der Waals surface area (Å²) in [5.41, 5.74) is 8.77. The van der Waals surface area contributed by atoms with E-state index in [2.05, 4.69) is 49.3 Å². The summed E-state index contributed by atoms with van der Waals surface area (Å²) < 4.78 is 9.21. The van der Waals surface area contributed by atoms with E-state index in [0.29, 0.717) is 30.3 Å². The molecule has 0 radical (unpaired) electrons. The van der Waals surface area contributed by atoms with Gasteiger partial charge < -0.3 is 25.0 Å². The van der Waals surface area contributed by atoms with Crippen molar-refractivity contribution < 1.29 is 14.6 Å². The van der Waals surface area contributed by atoms with Gasteiger partial charge in [-0.25, -0.2) is 15.0 Å². The number of nitrogens with two attached hydrogens (primary N) is 1. The van der Waals surface area contributed by atoms with E-state index in [1.807, 2.05) is 0 Å². The van der Waals surface area contributed by atoms with E-state index in [-0.39, 0.29) is 5.91 Å². The predicted molar refractivity (Wildman–Crippen MR) is 142 cm³/mol. The Kier molecular flexibility index (Phi) is 7.35. The third-order valence-corrected chi connectivity index (χ3v) is 9.04. The molecule has 11 heteroatoms. The third-order valence-electron chi connectivity index (χ3n) is 6.73. The maximum Gasteiger partial charge on any atom is 0.251 e. The number of amides is 1. The number of nitrogen functional groups attached to an aromatic ring is 1. The van der Waals surface area contributed by atoms with Crippen LogP contribution in [0.3, 0.4) is 0 Å². The van der Waals surface area contributed by atoms with Crippen molar-refractivity contribution in [3.63, 3.8) is 0 Å². The Morgan fingerprint density at radius 3 is 2.91 bits per heavy atom. The number of imidazole rings is 1. The smallest absolute Gasteiger partial charge is 0.251 e. The summed E-state index contributed by atoms with van der Waals surface area (Å²) in [6, 6.07) is 4.33. The molecule has 1 aromatic carbocycles. The molecular weight excluding hydrogens is 576 g/mol. The number of piperidine rings is 1. The number of likely N-dealkylation sites (tertiary alicyclic amines) is 1. The molecule has 2 aromatic heterocycles. The molecule has 0 unspecified atom stereocenters. The fraction of sp³-hybridized carbons (Fsp3) is 0.500. The Morgan fingerprint density at radius 2 is 2.14 bits per heavy atom. The van der Waals surface area contributed by atoms with Crippen molar-refractivity contribution in [2.24, 2.45) is 5.92 Å². The number of benzene rings is 1. The van der Waals surface area contributed by atoms with Gasteiger partial charge in [0.15, 0.2) is 22.1 Å². The number of rotatable bonds is 6. The van der Waals surface area contributed by atoms with Crippen LogP contribution >= 0.6 is 34.4 Å². The Bertz CT molecular complexity index is 1240. The lowest BCUT2D eigenvalue weighted by Crippen LogP contribution is -2.43. The lowest BCUT2D eigenvalue weighted by Gasteiger charge is -2.32. The number of aryl methyl sites for hydroxylation is 2. The lowest BCUT2D eigenvalue weighted by atomic mass is 9.93. The number of nitrogens with zero attached hydrogens (tertiary/aromatic N) is 5. The molecule has 3 N–H and O–H groups in total. The fourth-order valence-corrected chi connectivity index (χ4v) is 6.56. The highest BCUT2D eigenvalue weighted by Crippen LogP contribution is 2.38. The molecule has 2 aliphatic heterocycles. The largest absolute Gasteiger partial charge is 0.493 e. The molecule has 1 atom stereocenters. The van der Waals surface area contributed by atoms with Crippen molar-refractivity contribution in [2.75, 3.05) is 25.4 Å². The van der Waals surface area contributed by atoms with Gasteiger partial charge in [-0.3, -0.25) is 4.79 Å². The number of halogens is 1. The average molecular weight is 606 g/mol. The molecule has 0 saturated carbocycles. The summed E-state index contributed by atoms with van der Waals surface area (Å²) in [5.74, 6) is 1.64. The van der Waals surface area contributed by atoms with Crippen molar-refractivity contribution >= 4 is 57.2 Å². The molecule has 186 valence electrons. The number of aromatic nitrogens is 4. The first-order valence-electron chi connectivity index (χ1n) is 12.0. The molecule has 1 fully saturated rings. The topological polar surface area (TPSA) is 119 Å². The fourth-order valence-electron chi connectivity index (χ4n) is 4.76. The molecule has 0 spiro atoms. The Morgan fingerprint density at radius 1 is 1.34 bits per heavy atom. The standard InChI is InChI=1S/C24H29IN6O3S/c1-14(32)23(33)30-7-4-15(5-8-30)6-9-31-22-20(21(26)27-13-28-22)29-24(31)35-19-12-18-16(11-17(19)25)3-2-10-34-18/h11-15,32H,2-10H2,1H3,(H2,26,27,28)/t14-/m0/s1/i25-3. The summed E-state index contributed by atoms with van der Waals surface area (Å²) in [6.45, 7) is 4.40. The van der Waals surface area contributed by atoms with Crippen molar-refractivity contribution in [3.8, 4) is 5.75 Å². The summed E-state index contributed by atoms with van der Waals surface area (Å²) in [7, 11) is 0. The first kappa shape index (κ1) is 24.6. The van der Waals surface area contributed by atoms with E-state index < -0.39 is 6.10 Å². The second kappa shape index (κ2) is 10.5. The van der Waals surface area contributed by atoms with E-state index in [9.17, 15) is 9.90 Å².